The summed E-state index contributed by atoms with van der Waals surface area (Å²) >= 11 is 0. The summed E-state index contributed by atoms with van der Waals surface area (Å²) in [7, 11) is 0. The number of benzene rings is 1. The van der Waals surface area contributed by atoms with Crippen LogP contribution in [0.3, 0.4) is 0 Å². The highest BCUT2D eigenvalue weighted by Crippen LogP contribution is 2.17. The zero-order valence-corrected chi connectivity index (χ0v) is 14.9. The molecule has 3 heterocycles. The number of aromatic carboxylic acids is 1. The third-order valence-corrected chi connectivity index (χ3v) is 4.07. The average molecular weight is 395 g/mol. The molecule has 0 aliphatic heterocycles. The molecule has 4 rings (SSSR count). The number of amides is 2. The van der Waals surface area contributed by atoms with Crippen molar-refractivity contribution in [3.05, 3.63) is 52.8 Å². The second-order valence-electron chi connectivity index (χ2n) is 6.09. The van der Waals surface area contributed by atoms with Crippen LogP contribution in [-0.2, 0) is 6.54 Å². The maximum atomic E-state index is 12.5. The molecule has 0 bridgehead atoms. The van der Waals surface area contributed by atoms with Crippen molar-refractivity contribution in [1.82, 2.24) is 30.1 Å². The molecule has 0 fully saturated rings. The summed E-state index contributed by atoms with van der Waals surface area (Å²) in [5, 5.41) is 19.1. The van der Waals surface area contributed by atoms with Crippen LogP contribution in [-0.4, -0.2) is 47.7 Å². The van der Waals surface area contributed by atoms with Gasteiger partial charge in [-0.05, 0) is 17.7 Å². The summed E-state index contributed by atoms with van der Waals surface area (Å²) in [6.07, 6.45) is 0. The van der Waals surface area contributed by atoms with Crippen LogP contribution >= 0.6 is 0 Å². The number of aromatic nitrogens is 5. The van der Waals surface area contributed by atoms with Gasteiger partial charge in [0.1, 0.15) is 11.2 Å². The van der Waals surface area contributed by atoms with Gasteiger partial charge in [-0.1, -0.05) is 11.3 Å². The lowest BCUT2D eigenvalue weighted by Gasteiger charge is -2.07. The number of carbonyl (C=O) groups is 3. The Labute approximate surface area is 161 Å². The van der Waals surface area contributed by atoms with Crippen molar-refractivity contribution < 1.29 is 23.9 Å². The summed E-state index contributed by atoms with van der Waals surface area (Å²) in [4.78, 5) is 43.7. The van der Waals surface area contributed by atoms with Gasteiger partial charge >= 0.3 is 5.97 Å². The number of hydrogen-bond acceptors (Lipinski definition) is 8. The number of oxazole rings is 1. The van der Waals surface area contributed by atoms with Crippen molar-refractivity contribution in [3.8, 4) is 0 Å². The molecule has 0 unspecified atom stereocenters. The summed E-state index contributed by atoms with van der Waals surface area (Å²) in [6, 6.07) is 6.30. The molecule has 0 saturated heterocycles. The number of carboxylic acid groups (broad SMARTS) is 1. The smallest absolute Gasteiger partial charge is 0.354 e. The number of fused-ring (bicyclic) bond motifs is 2. The second-order valence-corrected chi connectivity index (χ2v) is 6.09. The summed E-state index contributed by atoms with van der Waals surface area (Å²) < 4.78 is 6.23. The molecule has 0 aliphatic rings. The molecular formula is C17H13N7O5. The molecule has 29 heavy (non-hydrogen) atoms. The molecule has 4 aromatic rings. The number of nitrogens with two attached hydrogens (primary N) is 1. The number of hydrogen-bond donors (Lipinski definition) is 3. The Morgan fingerprint density at radius 2 is 2.03 bits per heavy atom. The van der Waals surface area contributed by atoms with Gasteiger partial charge < -0.3 is 20.6 Å². The Morgan fingerprint density at radius 1 is 1.24 bits per heavy atom. The molecule has 146 valence electrons. The van der Waals surface area contributed by atoms with Crippen LogP contribution in [0.2, 0.25) is 0 Å². The largest absolute Gasteiger partial charge is 0.477 e. The van der Waals surface area contributed by atoms with Gasteiger partial charge in [-0.25, -0.2) is 14.8 Å². The van der Waals surface area contributed by atoms with Crippen molar-refractivity contribution in [2.24, 2.45) is 5.73 Å². The molecule has 12 heteroatoms. The van der Waals surface area contributed by atoms with E-state index in [1.807, 2.05) is 0 Å². The third kappa shape index (κ3) is 3.22. The molecule has 0 spiro atoms. The summed E-state index contributed by atoms with van der Waals surface area (Å²) in [5.41, 5.74) is 6.06. The fraction of sp³-hybridized carbons (Fsp3) is 0.118. The lowest BCUT2D eigenvalue weighted by molar-refractivity contribution is 0.0686. The van der Waals surface area contributed by atoms with E-state index >= 15 is 0 Å². The first-order valence-electron chi connectivity index (χ1n) is 8.27. The fourth-order valence-electron chi connectivity index (χ4n) is 2.78. The van der Waals surface area contributed by atoms with Gasteiger partial charge in [0.25, 0.3) is 11.8 Å². The van der Waals surface area contributed by atoms with Crippen LogP contribution in [0.15, 0.2) is 28.7 Å². The first kappa shape index (κ1) is 18.0. The maximum absolute atomic E-state index is 12.5. The Hall–Kier alpha value is -4.35. The number of nitrogens with zero attached hydrogens (tertiary/aromatic N) is 5. The molecule has 1 aromatic carbocycles. The van der Waals surface area contributed by atoms with Gasteiger partial charge in [-0.15, -0.1) is 5.10 Å². The maximum Gasteiger partial charge on any atom is 0.354 e. The van der Waals surface area contributed by atoms with Crippen LogP contribution in [0, 0.1) is 6.92 Å². The van der Waals surface area contributed by atoms with Gasteiger partial charge in [0.05, 0.1) is 0 Å². The van der Waals surface area contributed by atoms with E-state index in [0.29, 0.717) is 17.0 Å². The average Bonchev–Trinajstić information content (AvgIpc) is 3.26. The standard InChI is InChI=1S/C17H13N7O5/c1-7-20-9-4-8(2-3-12(9)29-7)6-19-16(26)10-5-11(17(27)28)24-15(21-10)13(14(18)25)22-23-24/h2-5H,6H2,1H3,(H2,18,25)(H,19,26)(H,27,28). The van der Waals surface area contributed by atoms with Gasteiger partial charge in [-0.3, -0.25) is 9.59 Å². The number of nitrogens with one attached hydrogen (secondary N) is 1. The monoisotopic (exact) mass is 395 g/mol. The van der Waals surface area contributed by atoms with Crippen LogP contribution < -0.4 is 11.1 Å². The van der Waals surface area contributed by atoms with Crippen molar-refractivity contribution >= 4 is 34.5 Å². The Balaban J connectivity index is 1.64. The first-order chi connectivity index (χ1) is 13.8. The molecule has 4 N–H and O–H groups in total. The lowest BCUT2D eigenvalue weighted by atomic mass is 10.2. The van der Waals surface area contributed by atoms with E-state index < -0.39 is 17.8 Å². The van der Waals surface area contributed by atoms with E-state index in [1.165, 1.54) is 0 Å². The highest BCUT2D eigenvalue weighted by Gasteiger charge is 2.22. The normalized spacial score (nSPS) is 11.1. The zero-order chi connectivity index (χ0) is 20.7. The lowest BCUT2D eigenvalue weighted by Crippen LogP contribution is -2.25. The number of carboxylic acids is 1. The highest BCUT2D eigenvalue weighted by molar-refractivity contribution is 6.00. The minimum Gasteiger partial charge on any atom is -0.477 e. The molecule has 0 atom stereocenters. The third-order valence-electron chi connectivity index (χ3n) is 4.07. The van der Waals surface area contributed by atoms with Crippen LogP contribution in [0.4, 0.5) is 0 Å². The number of primary amides is 1. The minimum atomic E-state index is -1.38. The van der Waals surface area contributed by atoms with Crippen LogP contribution in [0.5, 0.6) is 0 Å². The number of aryl methyl sites for hydroxylation is 1. The molecule has 12 nitrogen and oxygen atoms in total. The summed E-state index contributed by atoms with van der Waals surface area (Å²) in [5.74, 6) is -2.44. The Kier molecular flexibility index (Phi) is 4.15. The predicted molar refractivity (Wildman–Crippen MR) is 96.2 cm³/mol. The highest BCUT2D eigenvalue weighted by atomic mass is 16.4. The van der Waals surface area contributed by atoms with Crippen molar-refractivity contribution in [3.63, 3.8) is 0 Å². The van der Waals surface area contributed by atoms with Crippen LogP contribution in [0.1, 0.15) is 42.9 Å². The van der Waals surface area contributed by atoms with Gasteiger partial charge in [0.2, 0.25) is 0 Å². The fourth-order valence-corrected chi connectivity index (χ4v) is 2.78. The zero-order valence-electron chi connectivity index (χ0n) is 14.9. The van der Waals surface area contributed by atoms with Crippen LogP contribution in [0.25, 0.3) is 16.7 Å². The van der Waals surface area contributed by atoms with E-state index in [1.54, 1.807) is 25.1 Å². The van der Waals surface area contributed by atoms with E-state index in [9.17, 15) is 19.5 Å². The molecule has 0 saturated carbocycles. The quantitative estimate of drug-likeness (QED) is 0.428. The SMILES string of the molecule is Cc1nc2cc(CNC(=O)c3cc(C(=O)O)n4nnc(C(N)=O)c4n3)ccc2o1. The molecule has 0 aliphatic carbocycles. The number of carbonyl (C=O) groups excluding carboxylic acids is 2. The van der Waals surface area contributed by atoms with Gasteiger partial charge in [0.15, 0.2) is 28.5 Å². The predicted octanol–water partition coefficient (Wildman–Crippen LogP) is 0.301. The Morgan fingerprint density at radius 3 is 2.76 bits per heavy atom. The van der Waals surface area contributed by atoms with Gasteiger partial charge in [-0.2, -0.15) is 4.52 Å². The molecular weight excluding hydrogens is 382 g/mol. The first-order valence-corrected chi connectivity index (χ1v) is 8.27. The molecule has 0 radical (unpaired) electrons. The number of rotatable bonds is 5. The molecule has 3 aromatic heterocycles. The topological polar surface area (TPSA) is 179 Å². The van der Waals surface area contributed by atoms with E-state index in [0.717, 1.165) is 16.1 Å². The summed E-state index contributed by atoms with van der Waals surface area (Å²) in [6.45, 7) is 1.87. The van der Waals surface area contributed by atoms with Crippen molar-refractivity contribution in [2.45, 2.75) is 13.5 Å². The van der Waals surface area contributed by atoms with Gasteiger partial charge in [0, 0.05) is 19.5 Å². The minimum absolute atomic E-state index is 0.135. The van der Waals surface area contributed by atoms with Crippen molar-refractivity contribution in [2.75, 3.05) is 0 Å². The van der Waals surface area contributed by atoms with E-state index in [4.69, 9.17) is 10.2 Å². The van der Waals surface area contributed by atoms with E-state index in [-0.39, 0.29) is 29.3 Å². The Bertz CT molecular complexity index is 1310. The van der Waals surface area contributed by atoms with E-state index in [2.05, 4.69) is 25.6 Å². The molecule has 2 amide bonds. The van der Waals surface area contributed by atoms with Crippen molar-refractivity contribution in [1.29, 1.82) is 0 Å². The second kappa shape index (κ2) is 6.67.